The van der Waals surface area contributed by atoms with Gasteiger partial charge in [0.15, 0.2) is 22.4 Å². The number of nitrogens with one attached hydrogen (secondary N) is 1. The van der Waals surface area contributed by atoms with Crippen molar-refractivity contribution in [1.29, 1.82) is 0 Å². The van der Waals surface area contributed by atoms with Crippen molar-refractivity contribution >= 4 is 34.2 Å². The van der Waals surface area contributed by atoms with Gasteiger partial charge in [0.05, 0.1) is 24.6 Å². The highest BCUT2D eigenvalue weighted by Crippen LogP contribution is 2.27. The van der Waals surface area contributed by atoms with Gasteiger partial charge in [-0.2, -0.15) is 5.48 Å². The van der Waals surface area contributed by atoms with Gasteiger partial charge in [-0.3, -0.25) is 14.2 Å². The summed E-state index contributed by atoms with van der Waals surface area (Å²) in [6.45, 7) is 0.176. The molecule has 0 bridgehead atoms. The van der Waals surface area contributed by atoms with E-state index in [1.54, 1.807) is 10.3 Å². The molecule has 3 aromatic rings. The molecule has 31 heavy (non-hydrogen) atoms. The number of aromatic nitrogens is 3. The molecular formula is C18H18FN5O6S. The molecule has 1 aliphatic rings. The third-order valence-electron chi connectivity index (χ3n) is 4.69. The number of fused-ring (bicyclic) bond motifs is 1. The van der Waals surface area contributed by atoms with E-state index in [4.69, 9.17) is 9.94 Å². The number of carbonyl (C=O) groups is 1. The number of aliphatic hydroxyl groups excluding tert-OH is 2. The molecular weight excluding hydrogens is 433 g/mol. The van der Waals surface area contributed by atoms with Gasteiger partial charge in [-0.25, -0.2) is 19.2 Å². The van der Waals surface area contributed by atoms with Crippen molar-refractivity contribution < 1.29 is 29.3 Å². The maximum Gasteiger partial charge on any atom is 0.341 e. The summed E-state index contributed by atoms with van der Waals surface area (Å²) in [6, 6.07) is 0.837. The fourth-order valence-electron chi connectivity index (χ4n) is 3.11. The number of thiazole rings is 1. The first kappa shape index (κ1) is 21.3. The number of aliphatic hydroxyl groups is 2. The van der Waals surface area contributed by atoms with Crippen LogP contribution in [0.25, 0.3) is 16.2 Å². The van der Waals surface area contributed by atoms with Crippen LogP contribution in [0.5, 0.6) is 0 Å². The average molecular weight is 451 g/mol. The molecule has 0 saturated carbocycles. The summed E-state index contributed by atoms with van der Waals surface area (Å²) in [5.41, 5.74) is 1.48. The standard InChI is InChI=1S/C18H18FN5O6S/c19-13-3-11-14(27)12(17(28)29)6-24(18-20-1-2-31-18)15(11)21-16(13)23-4-9(5-23)22-30-8-10(26)7-25/h1-3,6,9-10,22,25-26H,4-5,7-8H2,(H,28,29). The Morgan fingerprint density at radius 3 is 2.87 bits per heavy atom. The Labute approximate surface area is 177 Å². The van der Waals surface area contributed by atoms with E-state index in [0.29, 0.717) is 18.2 Å². The Morgan fingerprint density at radius 2 is 2.23 bits per heavy atom. The lowest BCUT2D eigenvalue weighted by atomic mass is 10.1. The molecule has 1 unspecified atom stereocenters. The Hall–Kier alpha value is -2.97. The van der Waals surface area contributed by atoms with Crippen molar-refractivity contribution in [3.63, 3.8) is 0 Å². The smallest absolute Gasteiger partial charge is 0.341 e. The van der Waals surface area contributed by atoms with Crippen LogP contribution in [0.4, 0.5) is 10.2 Å². The predicted octanol–water partition coefficient (Wildman–Crippen LogP) is -0.258. The lowest BCUT2D eigenvalue weighted by Gasteiger charge is -2.40. The third kappa shape index (κ3) is 4.13. The highest BCUT2D eigenvalue weighted by Gasteiger charge is 2.31. The van der Waals surface area contributed by atoms with Crippen LogP contribution in [0.1, 0.15) is 10.4 Å². The van der Waals surface area contributed by atoms with Gasteiger partial charge in [0.1, 0.15) is 11.7 Å². The topological polar surface area (TPSA) is 150 Å². The molecule has 13 heteroatoms. The lowest BCUT2D eigenvalue weighted by Crippen LogP contribution is -2.58. The van der Waals surface area contributed by atoms with Crippen LogP contribution in [0.2, 0.25) is 0 Å². The summed E-state index contributed by atoms with van der Waals surface area (Å²) in [4.78, 5) is 39.2. The number of halogens is 1. The van der Waals surface area contributed by atoms with Gasteiger partial charge >= 0.3 is 5.97 Å². The molecule has 1 aliphatic heterocycles. The Kier molecular flexibility index (Phi) is 5.93. The number of aromatic carboxylic acids is 1. The number of pyridine rings is 2. The Balaban J connectivity index is 1.64. The average Bonchev–Trinajstić information content (AvgIpc) is 3.24. The zero-order valence-corrected chi connectivity index (χ0v) is 16.8. The molecule has 0 spiro atoms. The molecule has 0 radical (unpaired) electrons. The molecule has 4 rings (SSSR count). The van der Waals surface area contributed by atoms with E-state index in [1.807, 2.05) is 0 Å². The first-order valence-electron chi connectivity index (χ1n) is 9.19. The summed E-state index contributed by atoms with van der Waals surface area (Å²) in [7, 11) is 0. The molecule has 1 atom stereocenters. The molecule has 3 aromatic heterocycles. The number of nitrogens with zero attached hydrogens (tertiary/aromatic N) is 4. The number of carboxylic acids is 1. The Bertz CT molecular complexity index is 1160. The largest absolute Gasteiger partial charge is 0.477 e. The van der Waals surface area contributed by atoms with E-state index >= 15 is 0 Å². The number of carboxylic acid groups (broad SMARTS) is 1. The summed E-state index contributed by atoms with van der Waals surface area (Å²) in [5, 5.41) is 29.3. The number of rotatable bonds is 8. The van der Waals surface area contributed by atoms with Crippen LogP contribution in [-0.4, -0.2) is 74.3 Å². The lowest BCUT2D eigenvalue weighted by molar-refractivity contribution is -0.0530. The van der Waals surface area contributed by atoms with Gasteiger partial charge < -0.3 is 20.2 Å². The minimum absolute atomic E-state index is 0.00808. The van der Waals surface area contributed by atoms with Crippen molar-refractivity contribution in [2.24, 2.45) is 0 Å². The highest BCUT2D eigenvalue weighted by atomic mass is 32.1. The van der Waals surface area contributed by atoms with Gasteiger partial charge in [-0.05, 0) is 6.07 Å². The fourth-order valence-corrected chi connectivity index (χ4v) is 3.73. The molecule has 0 aliphatic carbocycles. The number of anilines is 1. The second kappa shape index (κ2) is 8.64. The molecule has 4 N–H and O–H groups in total. The van der Waals surface area contributed by atoms with Crippen LogP contribution in [0.3, 0.4) is 0 Å². The van der Waals surface area contributed by atoms with Crippen molar-refractivity contribution in [2.75, 3.05) is 31.2 Å². The van der Waals surface area contributed by atoms with Crippen LogP contribution in [0, 0.1) is 5.82 Å². The maximum atomic E-state index is 14.8. The van der Waals surface area contributed by atoms with E-state index in [9.17, 15) is 24.2 Å². The van der Waals surface area contributed by atoms with Crippen LogP contribution < -0.4 is 15.8 Å². The molecule has 164 valence electrons. The van der Waals surface area contributed by atoms with Crippen LogP contribution in [-0.2, 0) is 4.84 Å². The molecule has 1 fully saturated rings. The van der Waals surface area contributed by atoms with Crippen LogP contribution >= 0.6 is 11.3 Å². The van der Waals surface area contributed by atoms with Crippen molar-refractivity contribution in [3.05, 3.63) is 45.4 Å². The van der Waals surface area contributed by atoms with Gasteiger partial charge in [0.25, 0.3) is 0 Å². The fraction of sp³-hybridized carbons (Fsp3) is 0.333. The summed E-state index contributed by atoms with van der Waals surface area (Å²) >= 11 is 1.21. The van der Waals surface area contributed by atoms with E-state index in [-0.39, 0.29) is 29.5 Å². The van der Waals surface area contributed by atoms with Gasteiger partial charge in [0, 0.05) is 30.9 Å². The van der Waals surface area contributed by atoms with E-state index < -0.39 is 35.5 Å². The van der Waals surface area contributed by atoms with E-state index in [2.05, 4.69) is 15.4 Å². The molecule has 11 nitrogen and oxygen atoms in total. The second-order valence-electron chi connectivity index (χ2n) is 6.89. The zero-order chi connectivity index (χ0) is 22.1. The minimum atomic E-state index is -1.43. The Morgan fingerprint density at radius 1 is 1.45 bits per heavy atom. The van der Waals surface area contributed by atoms with Gasteiger partial charge in [-0.15, -0.1) is 11.3 Å². The maximum absolute atomic E-state index is 14.8. The molecule has 4 heterocycles. The SMILES string of the molecule is O=C(O)c1cn(-c2nccs2)c2nc(N3CC(NOCC(O)CO)C3)c(F)cc2c1=O. The van der Waals surface area contributed by atoms with E-state index in [0.717, 1.165) is 12.3 Å². The van der Waals surface area contributed by atoms with Gasteiger partial charge in [-0.1, -0.05) is 0 Å². The summed E-state index contributed by atoms with van der Waals surface area (Å²) in [5.74, 6) is -2.17. The minimum Gasteiger partial charge on any atom is -0.477 e. The quantitative estimate of drug-likeness (QED) is 0.337. The molecule has 0 amide bonds. The van der Waals surface area contributed by atoms with Crippen molar-refractivity contribution in [3.8, 4) is 5.13 Å². The normalized spacial score (nSPS) is 15.3. The van der Waals surface area contributed by atoms with Crippen molar-refractivity contribution in [1.82, 2.24) is 20.0 Å². The first-order valence-corrected chi connectivity index (χ1v) is 10.1. The third-order valence-corrected chi connectivity index (χ3v) is 5.46. The number of hydroxylamine groups is 1. The first-order chi connectivity index (χ1) is 14.9. The monoisotopic (exact) mass is 451 g/mol. The van der Waals surface area contributed by atoms with E-state index in [1.165, 1.54) is 22.1 Å². The number of hydrogen-bond donors (Lipinski definition) is 4. The zero-order valence-electron chi connectivity index (χ0n) is 15.9. The summed E-state index contributed by atoms with van der Waals surface area (Å²) < 4.78 is 16.1. The molecule has 0 aromatic carbocycles. The number of hydrogen-bond acceptors (Lipinski definition) is 10. The summed E-state index contributed by atoms with van der Waals surface area (Å²) in [6.07, 6.45) is 1.66. The van der Waals surface area contributed by atoms with Gasteiger partial charge in [0.2, 0.25) is 5.43 Å². The predicted molar refractivity (Wildman–Crippen MR) is 108 cm³/mol. The highest BCUT2D eigenvalue weighted by molar-refractivity contribution is 7.12. The van der Waals surface area contributed by atoms with Crippen LogP contribution in [0.15, 0.2) is 28.6 Å². The second-order valence-corrected chi connectivity index (χ2v) is 7.77. The van der Waals surface area contributed by atoms with Crippen molar-refractivity contribution in [2.45, 2.75) is 12.1 Å². The molecule has 1 saturated heterocycles.